The van der Waals surface area contributed by atoms with E-state index < -0.39 is 0 Å². The van der Waals surface area contributed by atoms with Crippen LogP contribution < -0.4 is 0 Å². The fraction of sp³-hybridized carbons (Fsp3) is 0.533. The number of nitrogens with zero attached hydrogens (tertiary/aromatic N) is 3. The molecule has 0 heterocycles. The normalized spacial score (nSPS) is 15.1. The van der Waals surface area contributed by atoms with E-state index in [9.17, 15) is 0 Å². The number of aliphatic imine (C=N–C) groups is 1. The molecule has 0 aliphatic heterocycles. The molecule has 1 aromatic rings. The minimum absolute atomic E-state index is 0. The zero-order chi connectivity index (χ0) is 14.0. The van der Waals surface area contributed by atoms with Gasteiger partial charge in [0.25, 0.3) is 0 Å². The Morgan fingerprint density at radius 1 is 1.20 bits per heavy atom. The van der Waals surface area contributed by atoms with Crippen molar-refractivity contribution in [3.05, 3.63) is 34.3 Å². The molecule has 1 saturated carbocycles. The lowest BCUT2D eigenvalue weighted by molar-refractivity contribution is 0.476. The second-order valence-electron chi connectivity index (χ2n) is 5.70. The molecular weight excluding hydrogens is 429 g/mol. The Kier molecular flexibility index (Phi) is 6.31. The third-order valence-corrected chi connectivity index (χ3v) is 4.11. The molecular formula is C15H23BrIN3. The first-order valence-electron chi connectivity index (χ1n) is 6.60. The molecule has 1 aliphatic rings. The van der Waals surface area contributed by atoms with Crippen LogP contribution in [0.25, 0.3) is 0 Å². The van der Waals surface area contributed by atoms with E-state index in [2.05, 4.69) is 50.0 Å². The Morgan fingerprint density at radius 3 is 2.25 bits per heavy atom. The molecule has 2 rings (SSSR count). The first-order valence-corrected chi connectivity index (χ1v) is 7.39. The van der Waals surface area contributed by atoms with Crippen LogP contribution in [-0.4, -0.2) is 50.5 Å². The molecule has 3 nitrogen and oxygen atoms in total. The Morgan fingerprint density at radius 2 is 1.80 bits per heavy atom. The molecule has 0 aromatic heterocycles. The summed E-state index contributed by atoms with van der Waals surface area (Å²) in [4.78, 5) is 8.95. The summed E-state index contributed by atoms with van der Waals surface area (Å²) in [5.41, 5.74) is 1.67. The summed E-state index contributed by atoms with van der Waals surface area (Å²) in [6, 6.07) is 8.64. The zero-order valence-corrected chi connectivity index (χ0v) is 16.5. The molecule has 5 heteroatoms. The lowest BCUT2D eigenvalue weighted by Gasteiger charge is -2.24. The Balaban J connectivity index is 0.00000200. The predicted molar refractivity (Wildman–Crippen MR) is 100 cm³/mol. The third-order valence-electron chi connectivity index (χ3n) is 3.61. The van der Waals surface area contributed by atoms with Gasteiger partial charge >= 0.3 is 0 Å². The van der Waals surface area contributed by atoms with Gasteiger partial charge in [-0.3, -0.25) is 4.99 Å². The molecule has 0 bridgehead atoms. The topological polar surface area (TPSA) is 18.8 Å². The van der Waals surface area contributed by atoms with Crippen molar-refractivity contribution < 1.29 is 0 Å². The second kappa shape index (κ2) is 7.11. The highest BCUT2D eigenvalue weighted by Gasteiger charge is 2.44. The van der Waals surface area contributed by atoms with Gasteiger partial charge in [0.15, 0.2) is 5.96 Å². The maximum absolute atomic E-state index is 4.82. The van der Waals surface area contributed by atoms with E-state index in [0.717, 1.165) is 17.0 Å². The Labute approximate surface area is 147 Å². The zero-order valence-electron chi connectivity index (χ0n) is 12.6. The number of hydrogen-bond acceptors (Lipinski definition) is 1. The van der Waals surface area contributed by atoms with E-state index in [0.29, 0.717) is 0 Å². The van der Waals surface area contributed by atoms with Crippen LogP contribution in [0, 0.1) is 0 Å². The van der Waals surface area contributed by atoms with Crippen LogP contribution in [0.1, 0.15) is 18.4 Å². The summed E-state index contributed by atoms with van der Waals surface area (Å²) >= 11 is 3.56. The first-order chi connectivity index (χ1) is 8.94. The highest BCUT2D eigenvalue weighted by atomic mass is 127. The summed E-state index contributed by atoms with van der Waals surface area (Å²) in [6.45, 7) is 0.870. The molecule has 0 N–H and O–H groups in total. The van der Waals surface area contributed by atoms with E-state index in [-0.39, 0.29) is 29.4 Å². The van der Waals surface area contributed by atoms with Gasteiger partial charge in [-0.1, -0.05) is 28.1 Å². The minimum Gasteiger partial charge on any atom is -0.349 e. The molecule has 1 aliphatic carbocycles. The fourth-order valence-corrected chi connectivity index (χ4v) is 2.81. The van der Waals surface area contributed by atoms with Crippen LogP contribution in [0.2, 0.25) is 0 Å². The predicted octanol–water partition coefficient (Wildman–Crippen LogP) is 3.58. The van der Waals surface area contributed by atoms with E-state index in [1.165, 1.54) is 18.4 Å². The SMILES string of the molecule is CN(C)C(=NCC1(c2cccc(Br)c2)CC1)N(C)C.I. The monoisotopic (exact) mass is 451 g/mol. The summed E-state index contributed by atoms with van der Waals surface area (Å²) in [6.07, 6.45) is 2.47. The van der Waals surface area contributed by atoms with Crippen molar-refractivity contribution in [3.63, 3.8) is 0 Å². The van der Waals surface area contributed by atoms with E-state index in [4.69, 9.17) is 4.99 Å². The molecule has 20 heavy (non-hydrogen) atoms. The smallest absolute Gasteiger partial charge is 0.195 e. The largest absolute Gasteiger partial charge is 0.349 e. The summed E-state index contributed by atoms with van der Waals surface area (Å²) < 4.78 is 1.15. The van der Waals surface area contributed by atoms with Crippen molar-refractivity contribution in [2.24, 2.45) is 4.99 Å². The minimum atomic E-state index is 0. The average molecular weight is 452 g/mol. The molecule has 0 amide bonds. The molecule has 0 spiro atoms. The Bertz CT molecular complexity index is 472. The Hall–Kier alpha value is -0.300. The van der Waals surface area contributed by atoms with Crippen molar-refractivity contribution in [3.8, 4) is 0 Å². The van der Waals surface area contributed by atoms with Crippen molar-refractivity contribution >= 4 is 45.9 Å². The molecule has 1 fully saturated rings. The van der Waals surface area contributed by atoms with Gasteiger partial charge in [-0.2, -0.15) is 0 Å². The van der Waals surface area contributed by atoms with E-state index >= 15 is 0 Å². The highest BCUT2D eigenvalue weighted by molar-refractivity contribution is 14.0. The van der Waals surface area contributed by atoms with Gasteiger partial charge in [0.1, 0.15) is 0 Å². The number of hydrogen-bond donors (Lipinski definition) is 0. The summed E-state index contributed by atoms with van der Waals surface area (Å²) in [7, 11) is 8.16. The van der Waals surface area contributed by atoms with Gasteiger partial charge in [-0.25, -0.2) is 0 Å². The van der Waals surface area contributed by atoms with Gasteiger partial charge in [0, 0.05) is 38.1 Å². The molecule has 1 aromatic carbocycles. The lowest BCUT2D eigenvalue weighted by Crippen LogP contribution is -2.36. The van der Waals surface area contributed by atoms with Crippen molar-refractivity contribution in [1.82, 2.24) is 9.80 Å². The molecule has 112 valence electrons. The summed E-state index contributed by atoms with van der Waals surface area (Å²) in [5.74, 6) is 1.03. The van der Waals surface area contributed by atoms with Gasteiger partial charge < -0.3 is 9.80 Å². The van der Waals surface area contributed by atoms with E-state index in [1.54, 1.807) is 0 Å². The maximum Gasteiger partial charge on any atom is 0.195 e. The van der Waals surface area contributed by atoms with Gasteiger partial charge in [-0.05, 0) is 30.5 Å². The van der Waals surface area contributed by atoms with Crippen LogP contribution in [0.3, 0.4) is 0 Å². The number of halogens is 2. The standard InChI is InChI=1S/C15H22BrN3.HI/c1-18(2)14(19(3)4)17-11-15(8-9-15)12-6-5-7-13(16)10-12;/h5-7,10H,8-9,11H2,1-4H3;1H. The second-order valence-corrected chi connectivity index (χ2v) is 6.61. The first kappa shape index (κ1) is 17.8. The van der Waals surface area contributed by atoms with Crippen LogP contribution in [0.4, 0.5) is 0 Å². The average Bonchev–Trinajstić information content (AvgIpc) is 3.09. The van der Waals surface area contributed by atoms with Gasteiger partial charge in [0.2, 0.25) is 0 Å². The van der Waals surface area contributed by atoms with Crippen molar-refractivity contribution in [1.29, 1.82) is 0 Å². The molecule has 0 radical (unpaired) electrons. The summed E-state index contributed by atoms with van der Waals surface area (Å²) in [5, 5.41) is 0. The quantitative estimate of drug-likeness (QED) is 0.397. The number of guanidine groups is 1. The van der Waals surface area contributed by atoms with Gasteiger partial charge in [-0.15, -0.1) is 24.0 Å². The molecule has 0 atom stereocenters. The van der Waals surface area contributed by atoms with Crippen molar-refractivity contribution in [2.45, 2.75) is 18.3 Å². The van der Waals surface area contributed by atoms with Crippen molar-refractivity contribution in [2.75, 3.05) is 34.7 Å². The third kappa shape index (κ3) is 4.10. The molecule has 0 unspecified atom stereocenters. The number of rotatable bonds is 3. The highest BCUT2D eigenvalue weighted by Crippen LogP contribution is 2.48. The van der Waals surface area contributed by atoms with Crippen LogP contribution in [0.15, 0.2) is 33.7 Å². The lowest BCUT2D eigenvalue weighted by atomic mass is 9.96. The van der Waals surface area contributed by atoms with E-state index in [1.807, 2.05) is 28.2 Å². The van der Waals surface area contributed by atoms with Crippen LogP contribution in [0.5, 0.6) is 0 Å². The molecule has 0 saturated heterocycles. The van der Waals surface area contributed by atoms with Crippen LogP contribution in [-0.2, 0) is 5.41 Å². The fourth-order valence-electron chi connectivity index (χ4n) is 2.41. The number of benzene rings is 1. The maximum atomic E-state index is 4.82. The van der Waals surface area contributed by atoms with Gasteiger partial charge in [0.05, 0.1) is 6.54 Å². The van der Waals surface area contributed by atoms with Crippen LogP contribution >= 0.6 is 39.9 Å².